The highest BCUT2D eigenvalue weighted by Crippen LogP contribution is 2.25. The predicted molar refractivity (Wildman–Crippen MR) is 62.2 cm³/mol. The van der Waals surface area contributed by atoms with E-state index in [0.717, 1.165) is 12.8 Å². The topological polar surface area (TPSA) is 0 Å². The summed E-state index contributed by atoms with van der Waals surface area (Å²) in [5.41, 5.74) is 5.59. The first-order valence-corrected chi connectivity index (χ1v) is 5.26. The molecule has 0 fully saturated rings. The van der Waals surface area contributed by atoms with Crippen molar-refractivity contribution in [2.75, 3.05) is 0 Å². The number of rotatable bonds is 2. The molecule has 0 nitrogen and oxygen atoms in total. The van der Waals surface area contributed by atoms with Gasteiger partial charge in [-0.1, -0.05) is 48.9 Å². The van der Waals surface area contributed by atoms with E-state index in [2.05, 4.69) is 50.3 Å². The first-order valence-electron chi connectivity index (χ1n) is 5.26. The number of hydrogen-bond acceptors (Lipinski definition) is 0. The van der Waals surface area contributed by atoms with Crippen LogP contribution in [0.4, 0.5) is 0 Å². The molecule has 0 heteroatoms. The summed E-state index contributed by atoms with van der Waals surface area (Å²) in [5.74, 6) is 0. The number of benzene rings is 1. The predicted octanol–water partition coefficient (Wildman–Crippen LogP) is 3.98. The van der Waals surface area contributed by atoms with Crippen LogP contribution >= 0.6 is 0 Å². The highest BCUT2D eigenvalue weighted by molar-refractivity contribution is 5.77. The third-order valence-electron chi connectivity index (χ3n) is 2.74. The molecule has 1 aromatic carbocycles. The van der Waals surface area contributed by atoms with Crippen LogP contribution in [-0.2, 0) is 6.42 Å². The van der Waals surface area contributed by atoms with Crippen molar-refractivity contribution in [3.05, 3.63) is 53.1 Å². The smallest absolute Gasteiger partial charge is 0.0129 e. The highest BCUT2D eigenvalue weighted by atomic mass is 14.1. The van der Waals surface area contributed by atoms with E-state index < -0.39 is 0 Å². The Morgan fingerprint density at radius 1 is 1.14 bits per heavy atom. The monoisotopic (exact) mass is 184 g/mol. The van der Waals surface area contributed by atoms with Gasteiger partial charge in [0, 0.05) is 0 Å². The van der Waals surface area contributed by atoms with Crippen LogP contribution in [0.1, 0.15) is 31.4 Å². The van der Waals surface area contributed by atoms with E-state index >= 15 is 0 Å². The molecule has 0 radical (unpaired) electrons. The van der Waals surface area contributed by atoms with Gasteiger partial charge < -0.3 is 0 Å². The second-order valence-corrected chi connectivity index (χ2v) is 3.90. The van der Waals surface area contributed by atoms with Gasteiger partial charge in [0.15, 0.2) is 0 Å². The Morgan fingerprint density at radius 2 is 1.86 bits per heavy atom. The van der Waals surface area contributed by atoms with Crippen molar-refractivity contribution in [3.63, 3.8) is 0 Å². The van der Waals surface area contributed by atoms with Crippen molar-refractivity contribution in [3.8, 4) is 0 Å². The molecule has 0 aromatic heterocycles. The molecule has 1 aliphatic rings. The van der Waals surface area contributed by atoms with Crippen LogP contribution in [0.25, 0.3) is 5.57 Å². The molecular weight excluding hydrogens is 168 g/mol. The molecule has 2 rings (SSSR count). The summed E-state index contributed by atoms with van der Waals surface area (Å²) in [6.45, 7) is 4.37. The minimum Gasteiger partial charge on any atom is -0.0726 e. The molecule has 1 aliphatic carbocycles. The van der Waals surface area contributed by atoms with Crippen molar-refractivity contribution in [1.29, 1.82) is 0 Å². The van der Waals surface area contributed by atoms with Gasteiger partial charge in [-0.25, -0.2) is 0 Å². The molecule has 0 atom stereocenters. The largest absolute Gasteiger partial charge is 0.0726 e. The van der Waals surface area contributed by atoms with Gasteiger partial charge in [0.05, 0.1) is 0 Å². The standard InChI is InChI=1S/C14H16/c1-3-12-5-8-13(9-6-12)14-7-4-11(2)10-14/h5-10H,3-4H2,1-2H3. The van der Waals surface area contributed by atoms with Crippen LogP contribution in [0.3, 0.4) is 0 Å². The Balaban J connectivity index is 2.26. The number of allylic oxidation sites excluding steroid dienone is 4. The third-order valence-corrected chi connectivity index (χ3v) is 2.74. The Hall–Kier alpha value is -1.30. The molecule has 0 aliphatic heterocycles. The molecule has 0 amide bonds. The molecule has 0 heterocycles. The minimum atomic E-state index is 1.12. The SMILES string of the molecule is CCc1ccc(C2=CCC(C)=C2)cc1. The van der Waals surface area contributed by atoms with Gasteiger partial charge in [-0.2, -0.15) is 0 Å². The van der Waals surface area contributed by atoms with E-state index in [9.17, 15) is 0 Å². The summed E-state index contributed by atoms with van der Waals surface area (Å²) < 4.78 is 0. The van der Waals surface area contributed by atoms with Gasteiger partial charge in [0.25, 0.3) is 0 Å². The van der Waals surface area contributed by atoms with Crippen molar-refractivity contribution in [2.24, 2.45) is 0 Å². The van der Waals surface area contributed by atoms with E-state index in [-0.39, 0.29) is 0 Å². The summed E-state index contributed by atoms with van der Waals surface area (Å²) in [6, 6.07) is 8.88. The lowest BCUT2D eigenvalue weighted by Crippen LogP contribution is -1.82. The van der Waals surface area contributed by atoms with Crippen LogP contribution in [0.15, 0.2) is 42.0 Å². The minimum absolute atomic E-state index is 1.12. The maximum Gasteiger partial charge on any atom is -0.0129 e. The Kier molecular flexibility index (Phi) is 2.53. The van der Waals surface area contributed by atoms with Crippen LogP contribution in [0.5, 0.6) is 0 Å². The molecule has 0 unspecified atom stereocenters. The highest BCUT2D eigenvalue weighted by Gasteiger charge is 2.04. The van der Waals surface area contributed by atoms with Crippen LogP contribution in [0.2, 0.25) is 0 Å². The molecule has 0 spiro atoms. The fourth-order valence-electron chi connectivity index (χ4n) is 1.79. The van der Waals surface area contributed by atoms with Crippen LogP contribution in [0, 0.1) is 0 Å². The molecular formula is C14H16. The molecule has 0 saturated heterocycles. The third kappa shape index (κ3) is 1.79. The van der Waals surface area contributed by atoms with E-state index in [4.69, 9.17) is 0 Å². The van der Waals surface area contributed by atoms with Gasteiger partial charge >= 0.3 is 0 Å². The zero-order valence-corrected chi connectivity index (χ0v) is 8.88. The van der Waals surface area contributed by atoms with Crippen molar-refractivity contribution < 1.29 is 0 Å². The second kappa shape index (κ2) is 3.83. The first kappa shape index (κ1) is 9.26. The average Bonchev–Trinajstić information content (AvgIpc) is 2.65. The van der Waals surface area contributed by atoms with Gasteiger partial charge in [-0.05, 0) is 36.5 Å². The van der Waals surface area contributed by atoms with Gasteiger partial charge in [0.2, 0.25) is 0 Å². The fourth-order valence-corrected chi connectivity index (χ4v) is 1.79. The van der Waals surface area contributed by atoms with Crippen molar-refractivity contribution in [2.45, 2.75) is 26.7 Å². The van der Waals surface area contributed by atoms with Gasteiger partial charge in [-0.3, -0.25) is 0 Å². The Labute approximate surface area is 86.0 Å². The lowest BCUT2D eigenvalue weighted by Gasteiger charge is -2.01. The molecule has 0 N–H and O–H groups in total. The molecule has 0 saturated carbocycles. The van der Waals surface area contributed by atoms with E-state index in [1.807, 2.05) is 0 Å². The Morgan fingerprint density at radius 3 is 2.36 bits per heavy atom. The first-order chi connectivity index (χ1) is 6.79. The van der Waals surface area contributed by atoms with E-state index in [1.54, 1.807) is 0 Å². The number of hydrogen-bond donors (Lipinski definition) is 0. The summed E-state index contributed by atoms with van der Waals surface area (Å²) in [6.07, 6.45) is 6.82. The van der Waals surface area contributed by atoms with Gasteiger partial charge in [0.1, 0.15) is 0 Å². The Bertz CT molecular complexity index is 377. The molecule has 1 aromatic rings. The van der Waals surface area contributed by atoms with Crippen LogP contribution in [-0.4, -0.2) is 0 Å². The lowest BCUT2D eigenvalue weighted by molar-refractivity contribution is 1.14. The lowest BCUT2D eigenvalue weighted by atomic mass is 10.0. The average molecular weight is 184 g/mol. The van der Waals surface area contributed by atoms with Crippen molar-refractivity contribution >= 4 is 5.57 Å². The summed E-state index contributed by atoms with van der Waals surface area (Å²) >= 11 is 0. The summed E-state index contributed by atoms with van der Waals surface area (Å²) in [4.78, 5) is 0. The van der Waals surface area contributed by atoms with E-state index in [1.165, 1.54) is 22.3 Å². The van der Waals surface area contributed by atoms with Crippen LogP contribution < -0.4 is 0 Å². The molecule has 72 valence electrons. The summed E-state index contributed by atoms with van der Waals surface area (Å²) in [7, 11) is 0. The quantitative estimate of drug-likeness (QED) is 0.652. The van der Waals surface area contributed by atoms with E-state index in [0.29, 0.717) is 0 Å². The van der Waals surface area contributed by atoms with Gasteiger partial charge in [-0.15, -0.1) is 0 Å². The zero-order chi connectivity index (χ0) is 9.97. The second-order valence-electron chi connectivity index (χ2n) is 3.90. The van der Waals surface area contributed by atoms with Crippen molar-refractivity contribution in [1.82, 2.24) is 0 Å². The maximum atomic E-state index is 2.30. The molecule has 0 bridgehead atoms. The zero-order valence-electron chi connectivity index (χ0n) is 8.88. The normalized spacial score (nSPS) is 15.3. The molecule has 14 heavy (non-hydrogen) atoms. The summed E-state index contributed by atoms with van der Waals surface area (Å²) in [5, 5.41) is 0. The fraction of sp³-hybridized carbons (Fsp3) is 0.286. The number of aryl methyl sites for hydroxylation is 1. The maximum absolute atomic E-state index is 2.30.